The molecule has 0 aromatic heterocycles. The van der Waals surface area contributed by atoms with E-state index in [1.54, 1.807) is 0 Å². The molecular weight excluding hydrogens is 665 g/mol. The number of esters is 4. The molecule has 0 N–H and O–H groups in total. The molecule has 2 fully saturated rings. The van der Waals surface area contributed by atoms with E-state index in [-0.39, 0.29) is 44.3 Å². The fourth-order valence-electron chi connectivity index (χ4n) is 5.56. The van der Waals surface area contributed by atoms with Crippen LogP contribution in [0.1, 0.15) is 64.2 Å². The quantitative estimate of drug-likeness (QED) is 0.102. The Balaban J connectivity index is 0. The third-order valence-electron chi connectivity index (χ3n) is 7.07. The normalized spacial score (nSPS) is 17.9. The number of methoxy groups -OCH3 is 4. The first kappa shape index (κ1) is 41.2. The van der Waals surface area contributed by atoms with Crippen LogP contribution in [-0.2, 0) is 69.2 Å². The molecular formula is C27H34MnO11PSe+. The minimum atomic E-state index is -2.46. The molecule has 0 aromatic carbocycles. The van der Waals surface area contributed by atoms with Crippen LogP contribution in [0.3, 0.4) is 0 Å². The van der Waals surface area contributed by atoms with Gasteiger partial charge in [0.1, 0.15) is 0 Å². The monoisotopic (exact) mass is 700 g/mol. The smallest absolute Gasteiger partial charge is 2.00 e. The predicted octanol–water partition coefficient (Wildman–Crippen LogP) is 3.24. The van der Waals surface area contributed by atoms with Gasteiger partial charge in [-0.3, -0.25) is 0 Å². The third kappa shape index (κ3) is 9.27. The first-order valence-corrected chi connectivity index (χ1v) is 17.4. The maximum atomic E-state index is 13.6. The summed E-state index contributed by atoms with van der Waals surface area (Å²) in [5, 5.41) is 0. The van der Waals surface area contributed by atoms with Crippen molar-refractivity contribution >= 4 is 43.4 Å². The maximum Gasteiger partial charge on any atom is 2.00 e. The minimum Gasteiger partial charge on any atom is 2.00 e. The van der Waals surface area contributed by atoms with Gasteiger partial charge >= 0.3 is 258 Å². The summed E-state index contributed by atoms with van der Waals surface area (Å²) in [5.74, 6) is -2.93. The van der Waals surface area contributed by atoms with Crippen molar-refractivity contribution in [3.05, 3.63) is 41.6 Å². The van der Waals surface area contributed by atoms with Crippen LogP contribution in [0.25, 0.3) is 0 Å². The molecule has 1 heterocycles. The summed E-state index contributed by atoms with van der Waals surface area (Å²) in [7, 11) is 4.95. The Bertz CT molecular complexity index is 1000. The first-order valence-electron chi connectivity index (χ1n) is 12.4. The van der Waals surface area contributed by atoms with Crippen LogP contribution in [0.15, 0.2) is 11.1 Å². The van der Waals surface area contributed by atoms with Crippen LogP contribution in [0.5, 0.6) is 0 Å². The van der Waals surface area contributed by atoms with Gasteiger partial charge in [0.25, 0.3) is 0 Å². The zero-order valence-corrected chi connectivity index (χ0v) is 27.2. The van der Waals surface area contributed by atoms with Gasteiger partial charge in [0.05, 0.1) is 0 Å². The van der Waals surface area contributed by atoms with E-state index in [4.69, 9.17) is 32.9 Å². The molecule has 3 rings (SSSR count). The predicted molar refractivity (Wildman–Crippen MR) is 140 cm³/mol. The largest absolute Gasteiger partial charge is 2.00 e. The van der Waals surface area contributed by atoms with Gasteiger partial charge in [0.15, 0.2) is 0 Å². The standard InChI is InChI=1S/C24H34O8PSe.3CO.Mn/c1-29-21(25)17-18(22(26)30-2)20(24(28)32-4)34-33(19(17)23(27)31-3,15-11-7-5-8-12-15)16-13-9-6-10-14-16;3*1-2;/h15-16H,5-14H2,1-4H3;;;;/q-1;;;;+2. The maximum absolute atomic E-state index is 13.6. The van der Waals surface area contributed by atoms with Gasteiger partial charge in [-0.05, 0) is 0 Å². The zero-order valence-electron chi connectivity index (χ0n) is 23.4. The van der Waals surface area contributed by atoms with Gasteiger partial charge in [-0.2, -0.15) is 0 Å². The van der Waals surface area contributed by atoms with E-state index in [0.717, 1.165) is 64.2 Å². The molecule has 14 heteroatoms. The Morgan fingerprint density at radius 1 is 0.659 bits per heavy atom. The summed E-state index contributed by atoms with van der Waals surface area (Å²) in [6.07, 6.45) is 10.1. The molecule has 41 heavy (non-hydrogen) atoms. The van der Waals surface area contributed by atoms with E-state index in [1.165, 1.54) is 28.4 Å². The summed E-state index contributed by atoms with van der Waals surface area (Å²) in [5.41, 5.74) is -2.13. The van der Waals surface area contributed by atoms with E-state index < -0.39 is 43.4 Å². The Morgan fingerprint density at radius 2 is 1.02 bits per heavy atom. The summed E-state index contributed by atoms with van der Waals surface area (Å²) in [6.45, 7) is 13.5. The van der Waals surface area contributed by atoms with E-state index >= 15 is 0 Å². The summed E-state index contributed by atoms with van der Waals surface area (Å²) in [4.78, 5) is 53.1. The molecule has 2 aliphatic carbocycles. The van der Waals surface area contributed by atoms with Crippen LogP contribution < -0.4 is 0 Å². The van der Waals surface area contributed by atoms with Crippen LogP contribution in [-0.4, -0.2) is 77.7 Å². The molecule has 2 saturated carbocycles. The zero-order chi connectivity index (χ0) is 30.9. The number of ether oxygens (including phenoxy) is 4. The first-order chi connectivity index (χ1) is 19.4. The SMILES string of the molecule is COC(=O)C1=C(C(=O)OC)[C-](C(=O)OC)P(C2CCCCC2)(C2CCCCC2)=[Se+][C-]1C(=O)OC.[C-]#[O+].[C-]#[O+].[C-]#[O+].[Mn+2]. The second-order valence-corrected chi connectivity index (χ2v) is 18.1. The molecule has 1 aliphatic heterocycles. The third-order valence-corrected chi connectivity index (χ3v) is 20.6. The number of hydrogen-bond donors (Lipinski definition) is 0. The van der Waals surface area contributed by atoms with Crippen molar-refractivity contribution in [2.24, 2.45) is 0 Å². The molecule has 11 nitrogen and oxygen atoms in total. The molecule has 0 saturated heterocycles. The van der Waals surface area contributed by atoms with Crippen molar-refractivity contribution in [3.8, 4) is 0 Å². The Kier molecular flexibility index (Phi) is 21.8. The second-order valence-electron chi connectivity index (χ2n) is 8.78. The fourth-order valence-corrected chi connectivity index (χ4v) is 20.6. The van der Waals surface area contributed by atoms with Crippen molar-refractivity contribution in [1.82, 2.24) is 0 Å². The summed E-state index contributed by atoms with van der Waals surface area (Å²) >= 11 is -0.561. The molecule has 0 unspecified atom stereocenters. The van der Waals surface area contributed by atoms with Gasteiger partial charge in [-0.25, -0.2) is 0 Å². The van der Waals surface area contributed by atoms with E-state index in [1.807, 2.05) is 0 Å². The topological polar surface area (TPSA) is 165 Å². The Hall–Kier alpha value is -1.95. The van der Waals surface area contributed by atoms with Crippen molar-refractivity contribution in [2.45, 2.75) is 75.5 Å². The van der Waals surface area contributed by atoms with Gasteiger partial charge in [0, 0.05) is 0 Å². The van der Waals surface area contributed by atoms with Crippen molar-refractivity contribution < 1.29 is 69.2 Å². The van der Waals surface area contributed by atoms with Crippen LogP contribution >= 0.6 is 5.51 Å². The average Bonchev–Trinajstić information content (AvgIpc) is 3.05. The molecule has 0 aromatic rings. The van der Waals surface area contributed by atoms with Crippen molar-refractivity contribution in [2.75, 3.05) is 28.4 Å². The van der Waals surface area contributed by atoms with Crippen molar-refractivity contribution in [3.63, 3.8) is 0 Å². The molecule has 0 atom stereocenters. The number of carbonyl (C=O) groups is 4. The van der Waals surface area contributed by atoms with Crippen molar-refractivity contribution in [1.29, 1.82) is 0 Å². The van der Waals surface area contributed by atoms with Crippen LogP contribution in [0.4, 0.5) is 0 Å². The van der Waals surface area contributed by atoms with E-state index in [9.17, 15) is 19.2 Å². The van der Waals surface area contributed by atoms with E-state index in [0.29, 0.717) is 5.66 Å². The summed E-state index contributed by atoms with van der Waals surface area (Å²) in [6, 6.07) is 0. The molecule has 0 amide bonds. The minimum absolute atomic E-state index is 0. The molecule has 0 bridgehead atoms. The number of carbonyl (C=O) groups excluding carboxylic acids is 4. The average molecular weight is 699 g/mol. The fraction of sp³-hybridized carbons (Fsp3) is 0.593. The number of hydrogen-bond acceptors (Lipinski definition) is 8. The Labute approximate surface area is 257 Å². The van der Waals surface area contributed by atoms with Gasteiger partial charge in [0.2, 0.25) is 0 Å². The molecule has 0 spiro atoms. The molecule has 225 valence electrons. The molecule has 1 radical (unpaired) electrons. The van der Waals surface area contributed by atoms with Gasteiger partial charge in [-0.15, -0.1) is 0 Å². The van der Waals surface area contributed by atoms with Crippen LogP contribution in [0.2, 0.25) is 0 Å². The number of rotatable bonds is 6. The molecule has 3 aliphatic rings. The van der Waals surface area contributed by atoms with Crippen LogP contribution in [0, 0.1) is 30.4 Å². The second kappa shape index (κ2) is 21.7. The summed E-state index contributed by atoms with van der Waals surface area (Å²) < 4.78 is 43.0. The van der Waals surface area contributed by atoms with Gasteiger partial charge in [-0.1, -0.05) is 0 Å². The van der Waals surface area contributed by atoms with Gasteiger partial charge < -0.3 is 0 Å². The Morgan fingerprint density at radius 3 is 1.37 bits per heavy atom. The van der Waals surface area contributed by atoms with E-state index in [2.05, 4.69) is 20.0 Å².